The van der Waals surface area contributed by atoms with Gasteiger partial charge in [-0.25, -0.2) is 8.42 Å². The van der Waals surface area contributed by atoms with Gasteiger partial charge in [-0.15, -0.1) is 0 Å². The number of carbonyl (C=O) groups excluding carboxylic acids is 1. The Morgan fingerprint density at radius 3 is 2.38 bits per heavy atom. The standard InChI is InChI=1S/C26H28N2O5S/c1-16(2)13-22(28-34(30,31)18-11-9-17(3)10-12-18)26(29)27-21-15-24-20(14-25(21)32-4)19-7-5-6-8-23(19)33-24/h5-12,14-16,22,28H,13H2,1-4H3,(H,27,29)/t22-/m0/s1. The highest BCUT2D eigenvalue weighted by atomic mass is 32.2. The van der Waals surface area contributed by atoms with E-state index in [1.54, 1.807) is 18.2 Å². The van der Waals surface area contributed by atoms with E-state index in [1.807, 2.05) is 51.1 Å². The summed E-state index contributed by atoms with van der Waals surface area (Å²) in [5.74, 6) is 0.0615. The fourth-order valence-corrected chi connectivity index (χ4v) is 5.10. The number of nitrogens with one attached hydrogen (secondary N) is 2. The normalized spacial score (nSPS) is 12.9. The molecule has 0 saturated carbocycles. The summed E-state index contributed by atoms with van der Waals surface area (Å²) in [6.07, 6.45) is 0.326. The molecule has 2 N–H and O–H groups in total. The number of hydrogen-bond acceptors (Lipinski definition) is 5. The van der Waals surface area contributed by atoms with Gasteiger partial charge in [-0.1, -0.05) is 49.7 Å². The number of ether oxygens (including phenoxy) is 1. The predicted octanol–water partition coefficient (Wildman–Crippen LogP) is 5.23. The van der Waals surface area contributed by atoms with Crippen molar-refractivity contribution in [2.45, 2.75) is 38.1 Å². The molecule has 0 saturated heterocycles. The molecule has 0 aliphatic rings. The first-order valence-electron chi connectivity index (χ1n) is 11.1. The Morgan fingerprint density at radius 2 is 1.71 bits per heavy atom. The zero-order valence-corrected chi connectivity index (χ0v) is 20.4. The second kappa shape index (κ2) is 9.48. The van der Waals surface area contributed by atoms with Gasteiger partial charge in [0, 0.05) is 16.8 Å². The summed E-state index contributed by atoms with van der Waals surface area (Å²) in [4.78, 5) is 13.4. The number of benzene rings is 3. The van der Waals surface area contributed by atoms with Crippen LogP contribution in [0, 0.1) is 12.8 Å². The first-order valence-corrected chi connectivity index (χ1v) is 12.6. The van der Waals surface area contributed by atoms with Crippen LogP contribution < -0.4 is 14.8 Å². The maximum absolute atomic E-state index is 13.3. The number of furan rings is 1. The third-order valence-corrected chi connectivity index (χ3v) is 7.10. The van der Waals surface area contributed by atoms with Gasteiger partial charge in [0.2, 0.25) is 15.9 Å². The Morgan fingerprint density at radius 1 is 1.00 bits per heavy atom. The van der Waals surface area contributed by atoms with Gasteiger partial charge in [-0.3, -0.25) is 4.79 Å². The lowest BCUT2D eigenvalue weighted by Crippen LogP contribution is -2.44. The summed E-state index contributed by atoms with van der Waals surface area (Å²) in [6, 6.07) is 16.7. The third kappa shape index (κ3) is 4.93. The predicted molar refractivity (Wildman–Crippen MR) is 134 cm³/mol. The van der Waals surface area contributed by atoms with Crippen LogP contribution in [-0.4, -0.2) is 27.5 Å². The van der Waals surface area contributed by atoms with Crippen LogP contribution in [0.15, 0.2) is 70.0 Å². The number of fused-ring (bicyclic) bond motifs is 3. The van der Waals surface area contributed by atoms with Crippen LogP contribution in [0.2, 0.25) is 0 Å². The van der Waals surface area contributed by atoms with E-state index in [-0.39, 0.29) is 10.8 Å². The van der Waals surface area contributed by atoms with Crippen LogP contribution in [0.3, 0.4) is 0 Å². The summed E-state index contributed by atoms with van der Waals surface area (Å²) in [5, 5.41) is 4.64. The minimum absolute atomic E-state index is 0.0798. The lowest BCUT2D eigenvalue weighted by atomic mass is 10.0. The quantitative estimate of drug-likeness (QED) is 0.360. The maximum atomic E-state index is 13.3. The van der Waals surface area contributed by atoms with Gasteiger partial charge in [-0.2, -0.15) is 4.72 Å². The van der Waals surface area contributed by atoms with Gasteiger partial charge in [0.15, 0.2) is 0 Å². The first kappa shape index (κ1) is 23.8. The van der Waals surface area contributed by atoms with Crippen molar-refractivity contribution in [1.82, 2.24) is 4.72 Å². The van der Waals surface area contributed by atoms with Crippen molar-refractivity contribution in [2.24, 2.45) is 5.92 Å². The van der Waals surface area contributed by atoms with Crippen molar-refractivity contribution in [1.29, 1.82) is 0 Å². The number of sulfonamides is 1. The number of methoxy groups -OCH3 is 1. The minimum atomic E-state index is -3.89. The van der Waals surface area contributed by atoms with Crippen LogP contribution >= 0.6 is 0 Å². The molecule has 1 aromatic heterocycles. The zero-order valence-electron chi connectivity index (χ0n) is 19.6. The van der Waals surface area contributed by atoms with Crippen molar-refractivity contribution in [3.05, 3.63) is 66.2 Å². The van der Waals surface area contributed by atoms with Gasteiger partial charge < -0.3 is 14.5 Å². The summed E-state index contributed by atoms with van der Waals surface area (Å²) in [6.45, 7) is 5.74. The molecule has 8 heteroatoms. The van der Waals surface area contributed by atoms with Crippen LogP contribution in [0.5, 0.6) is 5.75 Å². The van der Waals surface area contributed by atoms with E-state index in [0.29, 0.717) is 23.4 Å². The highest BCUT2D eigenvalue weighted by molar-refractivity contribution is 7.89. The van der Waals surface area contributed by atoms with E-state index >= 15 is 0 Å². The summed E-state index contributed by atoms with van der Waals surface area (Å²) < 4.78 is 39.9. The Labute approximate surface area is 199 Å². The molecule has 0 bridgehead atoms. The Bertz CT molecular complexity index is 1440. The number of hydrogen-bond donors (Lipinski definition) is 2. The molecule has 4 aromatic rings. The molecular weight excluding hydrogens is 452 g/mol. The minimum Gasteiger partial charge on any atom is -0.495 e. The van der Waals surface area contributed by atoms with E-state index < -0.39 is 22.0 Å². The SMILES string of the molecule is COc1cc2c(cc1NC(=O)[C@H](CC(C)C)NS(=O)(=O)c1ccc(C)cc1)oc1ccccc12. The maximum Gasteiger partial charge on any atom is 0.242 e. The summed E-state index contributed by atoms with van der Waals surface area (Å²) >= 11 is 0. The summed E-state index contributed by atoms with van der Waals surface area (Å²) in [7, 11) is -2.37. The topological polar surface area (TPSA) is 97.6 Å². The fraction of sp³-hybridized carbons (Fsp3) is 0.269. The van der Waals surface area contributed by atoms with Crippen LogP contribution in [0.4, 0.5) is 5.69 Å². The molecule has 0 aliphatic carbocycles. The van der Waals surface area contributed by atoms with E-state index in [4.69, 9.17) is 9.15 Å². The van der Waals surface area contributed by atoms with Gasteiger partial charge in [0.1, 0.15) is 23.0 Å². The molecule has 0 unspecified atom stereocenters. The first-order chi connectivity index (χ1) is 16.2. The number of aryl methyl sites for hydroxylation is 1. The van der Waals surface area contributed by atoms with Gasteiger partial charge >= 0.3 is 0 Å². The Kier molecular flexibility index (Phi) is 6.63. The molecule has 0 spiro atoms. The molecule has 7 nitrogen and oxygen atoms in total. The molecular formula is C26H28N2O5S. The fourth-order valence-electron chi connectivity index (χ4n) is 3.89. The van der Waals surface area contributed by atoms with E-state index in [2.05, 4.69) is 10.0 Å². The molecule has 34 heavy (non-hydrogen) atoms. The van der Waals surface area contributed by atoms with E-state index in [1.165, 1.54) is 19.2 Å². The number of para-hydroxylation sites is 1. The van der Waals surface area contributed by atoms with Gasteiger partial charge in [0.05, 0.1) is 17.7 Å². The molecule has 4 rings (SSSR count). The molecule has 3 aromatic carbocycles. The smallest absolute Gasteiger partial charge is 0.242 e. The summed E-state index contributed by atoms with van der Waals surface area (Å²) in [5.41, 5.74) is 2.68. The lowest BCUT2D eigenvalue weighted by Gasteiger charge is -2.21. The average molecular weight is 481 g/mol. The molecule has 1 heterocycles. The average Bonchev–Trinajstić information content (AvgIpc) is 3.15. The van der Waals surface area contributed by atoms with E-state index in [9.17, 15) is 13.2 Å². The van der Waals surface area contributed by atoms with Gasteiger partial charge in [0.25, 0.3) is 0 Å². The van der Waals surface area contributed by atoms with Crippen LogP contribution in [-0.2, 0) is 14.8 Å². The number of amides is 1. The second-order valence-electron chi connectivity index (χ2n) is 8.75. The van der Waals surface area contributed by atoms with Crippen molar-refractivity contribution >= 4 is 43.6 Å². The van der Waals surface area contributed by atoms with Crippen molar-refractivity contribution in [3.8, 4) is 5.75 Å². The second-order valence-corrected chi connectivity index (χ2v) is 10.5. The van der Waals surface area contributed by atoms with Crippen molar-refractivity contribution in [3.63, 3.8) is 0 Å². The van der Waals surface area contributed by atoms with Crippen LogP contribution in [0.1, 0.15) is 25.8 Å². The molecule has 1 amide bonds. The third-order valence-electron chi connectivity index (χ3n) is 5.61. The van der Waals surface area contributed by atoms with Crippen molar-refractivity contribution in [2.75, 3.05) is 12.4 Å². The highest BCUT2D eigenvalue weighted by Gasteiger charge is 2.27. The Hall–Kier alpha value is -3.36. The monoisotopic (exact) mass is 480 g/mol. The van der Waals surface area contributed by atoms with E-state index in [0.717, 1.165) is 21.9 Å². The number of rotatable bonds is 8. The number of carbonyl (C=O) groups is 1. The largest absolute Gasteiger partial charge is 0.495 e. The molecule has 1 atom stereocenters. The Balaban J connectivity index is 1.64. The molecule has 0 radical (unpaired) electrons. The lowest BCUT2D eigenvalue weighted by molar-refractivity contribution is -0.118. The zero-order chi connectivity index (χ0) is 24.5. The highest BCUT2D eigenvalue weighted by Crippen LogP contribution is 2.36. The van der Waals surface area contributed by atoms with Crippen molar-refractivity contribution < 1.29 is 22.4 Å². The molecule has 178 valence electrons. The molecule has 0 aliphatic heterocycles. The van der Waals surface area contributed by atoms with Crippen LogP contribution in [0.25, 0.3) is 21.9 Å². The number of anilines is 1. The molecule has 0 fully saturated rings. The van der Waals surface area contributed by atoms with Gasteiger partial charge in [-0.05, 0) is 43.5 Å².